The van der Waals surface area contributed by atoms with E-state index < -0.39 is 5.97 Å². The number of carboxylic acids is 1. The molecule has 0 aliphatic rings. The summed E-state index contributed by atoms with van der Waals surface area (Å²) >= 11 is 3.30. The maximum atomic E-state index is 10.8. The summed E-state index contributed by atoms with van der Waals surface area (Å²) in [5.41, 5.74) is 0.965. The molecule has 2 N–H and O–H groups in total. The average Bonchev–Trinajstić information content (AvgIpc) is 2.65. The summed E-state index contributed by atoms with van der Waals surface area (Å²) in [7, 11) is 0. The molecular weight excluding hydrogens is 262 g/mol. The van der Waals surface area contributed by atoms with Gasteiger partial charge in [-0.05, 0) is 12.1 Å². The molecule has 0 spiro atoms. The Morgan fingerprint density at radius 1 is 1.40 bits per heavy atom. The van der Waals surface area contributed by atoms with Crippen LogP contribution < -0.4 is 0 Å². The largest absolute Gasteiger partial charge is 0.476 e. The molecule has 15 heavy (non-hydrogen) atoms. The maximum Gasteiger partial charge on any atom is 0.358 e. The first-order valence-corrected chi connectivity index (χ1v) is 4.88. The Kier molecular flexibility index (Phi) is 2.51. The fourth-order valence-corrected chi connectivity index (χ4v) is 1.62. The molecule has 0 atom stereocenters. The highest BCUT2D eigenvalue weighted by Crippen LogP contribution is 2.22. The van der Waals surface area contributed by atoms with Gasteiger partial charge in [0.1, 0.15) is 5.69 Å². The molecule has 0 saturated heterocycles. The number of benzene rings is 1. The third kappa shape index (κ3) is 1.89. The number of halogens is 1. The van der Waals surface area contributed by atoms with Gasteiger partial charge in [-0.2, -0.15) is 10.3 Å². The molecule has 0 aliphatic carbocycles. The molecule has 5 nitrogen and oxygen atoms in total. The number of hydrogen-bond acceptors (Lipinski definition) is 3. The molecule has 1 heterocycles. The molecule has 0 fully saturated rings. The Balaban J connectivity index is 2.54. The molecule has 1 aromatic carbocycles. The van der Waals surface area contributed by atoms with Crippen molar-refractivity contribution < 1.29 is 9.90 Å². The van der Waals surface area contributed by atoms with Crippen molar-refractivity contribution in [3.63, 3.8) is 0 Å². The minimum atomic E-state index is -1.10. The second-order valence-electron chi connectivity index (χ2n) is 2.84. The number of carboxylic acid groups (broad SMARTS) is 1. The lowest BCUT2D eigenvalue weighted by Gasteiger charge is -1.97. The van der Waals surface area contributed by atoms with Gasteiger partial charge in [-0.3, -0.25) is 0 Å². The maximum absolute atomic E-state index is 10.8. The van der Waals surface area contributed by atoms with E-state index in [2.05, 4.69) is 31.3 Å². The average molecular weight is 268 g/mol. The minimum absolute atomic E-state index is 0.0758. The Labute approximate surface area is 93.3 Å². The van der Waals surface area contributed by atoms with E-state index in [4.69, 9.17) is 5.11 Å². The van der Waals surface area contributed by atoms with Crippen molar-refractivity contribution in [1.29, 1.82) is 0 Å². The summed E-state index contributed by atoms with van der Waals surface area (Å²) in [4.78, 5) is 10.8. The number of nitrogens with zero attached hydrogens (tertiary/aromatic N) is 2. The van der Waals surface area contributed by atoms with Crippen LogP contribution in [0.4, 0.5) is 0 Å². The van der Waals surface area contributed by atoms with Gasteiger partial charge < -0.3 is 5.11 Å². The molecular formula is C9H6BrN3O2. The zero-order valence-electron chi connectivity index (χ0n) is 7.44. The topological polar surface area (TPSA) is 78.9 Å². The van der Waals surface area contributed by atoms with Crippen LogP contribution in [0, 0.1) is 0 Å². The Morgan fingerprint density at radius 2 is 2.20 bits per heavy atom. The van der Waals surface area contributed by atoms with Crippen LogP contribution in [0.3, 0.4) is 0 Å². The molecule has 6 heteroatoms. The lowest BCUT2D eigenvalue weighted by molar-refractivity contribution is 0.0691. The van der Waals surface area contributed by atoms with Crippen LogP contribution in [0.15, 0.2) is 28.7 Å². The van der Waals surface area contributed by atoms with Gasteiger partial charge >= 0.3 is 5.97 Å². The molecule has 1 aromatic heterocycles. The summed E-state index contributed by atoms with van der Waals surface area (Å²) in [6.07, 6.45) is 0. The SMILES string of the molecule is O=C(O)c1n[nH]nc1-c1cccc(Br)c1. The monoisotopic (exact) mass is 267 g/mol. The van der Waals surface area contributed by atoms with Gasteiger partial charge in [0, 0.05) is 10.0 Å². The van der Waals surface area contributed by atoms with Crippen LogP contribution >= 0.6 is 15.9 Å². The first-order chi connectivity index (χ1) is 7.18. The van der Waals surface area contributed by atoms with Crippen molar-refractivity contribution in [2.24, 2.45) is 0 Å². The van der Waals surface area contributed by atoms with Crippen LogP contribution in [0.1, 0.15) is 10.5 Å². The number of rotatable bonds is 2. The molecule has 0 amide bonds. The third-order valence-electron chi connectivity index (χ3n) is 1.85. The second-order valence-corrected chi connectivity index (χ2v) is 3.75. The first-order valence-electron chi connectivity index (χ1n) is 4.08. The number of aromatic amines is 1. The molecule has 0 bridgehead atoms. The number of H-pyrrole nitrogens is 1. The van der Waals surface area contributed by atoms with E-state index >= 15 is 0 Å². The normalized spacial score (nSPS) is 10.2. The standard InChI is InChI=1S/C9H6BrN3O2/c10-6-3-1-2-5(4-6)7-8(9(14)15)12-13-11-7/h1-4H,(H,14,15)(H,11,12,13). The Hall–Kier alpha value is -1.69. The zero-order valence-corrected chi connectivity index (χ0v) is 9.02. The zero-order chi connectivity index (χ0) is 10.8. The fraction of sp³-hybridized carbons (Fsp3) is 0. The molecule has 0 unspecified atom stereocenters. The predicted octanol–water partition coefficient (Wildman–Crippen LogP) is 1.93. The quantitative estimate of drug-likeness (QED) is 0.872. The number of nitrogens with one attached hydrogen (secondary N) is 1. The first kappa shape index (κ1) is 9.85. The highest BCUT2D eigenvalue weighted by molar-refractivity contribution is 9.10. The summed E-state index contributed by atoms with van der Waals surface area (Å²) in [6, 6.07) is 7.21. The van der Waals surface area contributed by atoms with Crippen molar-refractivity contribution in [2.45, 2.75) is 0 Å². The summed E-state index contributed by atoms with van der Waals surface area (Å²) in [6.45, 7) is 0. The van der Waals surface area contributed by atoms with E-state index in [1.54, 1.807) is 18.2 Å². The van der Waals surface area contributed by atoms with E-state index in [1.165, 1.54) is 0 Å². The summed E-state index contributed by atoms with van der Waals surface area (Å²) in [5.74, 6) is -1.10. The van der Waals surface area contributed by atoms with E-state index in [0.717, 1.165) is 4.47 Å². The van der Waals surface area contributed by atoms with Crippen LogP contribution in [0.25, 0.3) is 11.3 Å². The van der Waals surface area contributed by atoms with Crippen LogP contribution in [-0.4, -0.2) is 26.5 Å². The minimum Gasteiger partial charge on any atom is -0.476 e. The van der Waals surface area contributed by atoms with Crippen molar-refractivity contribution >= 4 is 21.9 Å². The van der Waals surface area contributed by atoms with E-state index in [0.29, 0.717) is 11.3 Å². The highest BCUT2D eigenvalue weighted by atomic mass is 79.9. The summed E-state index contributed by atoms with van der Waals surface area (Å²) in [5, 5.41) is 18.5. The van der Waals surface area contributed by atoms with Gasteiger partial charge in [-0.15, -0.1) is 5.10 Å². The van der Waals surface area contributed by atoms with Gasteiger partial charge in [0.2, 0.25) is 0 Å². The lowest BCUT2D eigenvalue weighted by Crippen LogP contribution is -1.99. The molecule has 2 aromatic rings. The van der Waals surface area contributed by atoms with Gasteiger partial charge in [0.15, 0.2) is 5.69 Å². The smallest absolute Gasteiger partial charge is 0.358 e. The highest BCUT2D eigenvalue weighted by Gasteiger charge is 2.16. The van der Waals surface area contributed by atoms with Crippen LogP contribution in [-0.2, 0) is 0 Å². The molecule has 76 valence electrons. The van der Waals surface area contributed by atoms with E-state index in [9.17, 15) is 4.79 Å². The van der Waals surface area contributed by atoms with Crippen molar-refractivity contribution in [3.8, 4) is 11.3 Å². The van der Waals surface area contributed by atoms with E-state index in [-0.39, 0.29) is 5.69 Å². The predicted molar refractivity (Wildman–Crippen MR) is 56.5 cm³/mol. The van der Waals surface area contributed by atoms with Gasteiger partial charge in [-0.25, -0.2) is 4.79 Å². The summed E-state index contributed by atoms with van der Waals surface area (Å²) < 4.78 is 0.860. The second kappa shape index (κ2) is 3.82. The van der Waals surface area contributed by atoms with E-state index in [1.807, 2.05) is 6.07 Å². The molecule has 2 rings (SSSR count). The number of aromatic carboxylic acids is 1. The number of aromatic nitrogens is 3. The van der Waals surface area contributed by atoms with Gasteiger partial charge in [0.05, 0.1) is 0 Å². The fourth-order valence-electron chi connectivity index (χ4n) is 1.22. The Morgan fingerprint density at radius 3 is 2.87 bits per heavy atom. The molecule has 0 saturated carbocycles. The van der Waals surface area contributed by atoms with Gasteiger partial charge in [0.25, 0.3) is 0 Å². The molecule has 0 radical (unpaired) electrons. The van der Waals surface area contributed by atoms with Crippen molar-refractivity contribution in [2.75, 3.05) is 0 Å². The van der Waals surface area contributed by atoms with Crippen LogP contribution in [0.5, 0.6) is 0 Å². The Bertz CT molecular complexity index is 510. The van der Waals surface area contributed by atoms with Gasteiger partial charge in [-0.1, -0.05) is 28.1 Å². The van der Waals surface area contributed by atoms with Crippen molar-refractivity contribution in [3.05, 3.63) is 34.4 Å². The number of carbonyl (C=O) groups is 1. The van der Waals surface area contributed by atoms with Crippen molar-refractivity contribution in [1.82, 2.24) is 15.4 Å². The molecule has 0 aliphatic heterocycles. The lowest BCUT2D eigenvalue weighted by atomic mass is 10.1. The van der Waals surface area contributed by atoms with Crippen LogP contribution in [0.2, 0.25) is 0 Å². The third-order valence-corrected chi connectivity index (χ3v) is 2.34. The number of hydrogen-bond donors (Lipinski definition) is 2.